The SMILES string of the molecule is N=C(c1ccc2c(c1)NC(=O)CO2)C(CNCC(F)(F)F)c1ccccc1. The predicted molar refractivity (Wildman–Crippen MR) is 95.5 cm³/mol. The molecule has 1 aliphatic heterocycles. The third-order valence-corrected chi connectivity index (χ3v) is 4.15. The van der Waals surface area contributed by atoms with E-state index in [1.807, 2.05) is 0 Å². The molecule has 3 N–H and O–H groups in total. The van der Waals surface area contributed by atoms with Crippen molar-refractivity contribution in [2.75, 3.05) is 25.0 Å². The molecule has 2 aromatic rings. The second kappa shape index (κ2) is 7.79. The van der Waals surface area contributed by atoms with Crippen LogP contribution in [-0.4, -0.2) is 37.5 Å². The molecule has 1 aliphatic rings. The van der Waals surface area contributed by atoms with Crippen molar-refractivity contribution in [3.8, 4) is 5.75 Å². The third kappa shape index (κ3) is 4.85. The van der Waals surface area contributed by atoms with Crippen molar-refractivity contribution >= 4 is 17.3 Å². The molecule has 0 saturated heterocycles. The van der Waals surface area contributed by atoms with Gasteiger partial charge >= 0.3 is 6.18 Å². The summed E-state index contributed by atoms with van der Waals surface area (Å²) in [6.07, 6.45) is -4.32. The fourth-order valence-corrected chi connectivity index (χ4v) is 2.88. The van der Waals surface area contributed by atoms with E-state index in [0.717, 1.165) is 5.56 Å². The normalized spacial score (nSPS) is 14.7. The summed E-state index contributed by atoms with van der Waals surface area (Å²) >= 11 is 0. The number of nitrogens with one attached hydrogen (secondary N) is 3. The first-order valence-corrected chi connectivity index (χ1v) is 8.31. The number of alkyl halides is 3. The van der Waals surface area contributed by atoms with Crippen LogP contribution in [0, 0.1) is 5.41 Å². The van der Waals surface area contributed by atoms with Gasteiger partial charge in [0.25, 0.3) is 5.91 Å². The van der Waals surface area contributed by atoms with Crippen LogP contribution in [0.25, 0.3) is 0 Å². The van der Waals surface area contributed by atoms with Crippen molar-refractivity contribution in [2.45, 2.75) is 12.1 Å². The molecule has 0 fully saturated rings. The molecule has 0 aliphatic carbocycles. The lowest BCUT2D eigenvalue weighted by atomic mass is 9.89. The number of anilines is 1. The third-order valence-electron chi connectivity index (χ3n) is 4.15. The molecule has 142 valence electrons. The Morgan fingerprint density at radius 1 is 1.22 bits per heavy atom. The molecule has 0 spiro atoms. The first kappa shape index (κ1) is 18.9. The van der Waals surface area contributed by atoms with Crippen molar-refractivity contribution in [3.63, 3.8) is 0 Å². The van der Waals surface area contributed by atoms with Crippen LogP contribution in [0.4, 0.5) is 18.9 Å². The minimum Gasteiger partial charge on any atom is -0.482 e. The monoisotopic (exact) mass is 377 g/mol. The van der Waals surface area contributed by atoms with E-state index in [1.165, 1.54) is 0 Å². The van der Waals surface area contributed by atoms with Crippen LogP contribution in [0.3, 0.4) is 0 Å². The van der Waals surface area contributed by atoms with Gasteiger partial charge < -0.3 is 20.8 Å². The molecule has 1 unspecified atom stereocenters. The molecule has 5 nitrogen and oxygen atoms in total. The standard InChI is InChI=1S/C19H18F3N3O2/c20-19(21,22)11-24-9-14(12-4-2-1-3-5-12)18(23)13-6-7-16-15(8-13)25-17(26)10-27-16/h1-8,14,23-24H,9-11H2,(H,25,26). The minimum absolute atomic E-state index is 0.0394. The number of fused-ring (bicyclic) bond motifs is 1. The molecule has 1 heterocycles. The summed E-state index contributed by atoms with van der Waals surface area (Å²) in [5.74, 6) is -0.373. The number of benzene rings is 2. The number of ether oxygens (including phenoxy) is 1. The summed E-state index contributed by atoms with van der Waals surface area (Å²) in [6.45, 7) is -1.24. The van der Waals surface area contributed by atoms with Crippen LogP contribution >= 0.6 is 0 Å². The fraction of sp³-hybridized carbons (Fsp3) is 0.263. The number of carbonyl (C=O) groups excluding carboxylic acids is 1. The van der Waals surface area contributed by atoms with Crippen LogP contribution in [-0.2, 0) is 4.79 Å². The Morgan fingerprint density at radius 2 is 1.96 bits per heavy atom. The molecular weight excluding hydrogens is 359 g/mol. The van der Waals surface area contributed by atoms with Crippen molar-refractivity contribution in [3.05, 3.63) is 59.7 Å². The summed E-state index contributed by atoms with van der Waals surface area (Å²) in [6, 6.07) is 13.8. The maximum atomic E-state index is 12.5. The Bertz CT molecular complexity index is 838. The zero-order valence-electron chi connectivity index (χ0n) is 14.3. The molecule has 0 bridgehead atoms. The smallest absolute Gasteiger partial charge is 0.401 e. The highest BCUT2D eigenvalue weighted by molar-refractivity contribution is 6.05. The number of hydrogen-bond donors (Lipinski definition) is 3. The summed E-state index contributed by atoms with van der Waals surface area (Å²) < 4.78 is 42.8. The van der Waals surface area contributed by atoms with E-state index in [4.69, 9.17) is 10.1 Å². The minimum atomic E-state index is -4.32. The van der Waals surface area contributed by atoms with E-state index in [9.17, 15) is 18.0 Å². The van der Waals surface area contributed by atoms with Gasteiger partial charge in [0.15, 0.2) is 6.61 Å². The predicted octanol–water partition coefficient (Wildman–Crippen LogP) is 3.32. The molecular formula is C19H18F3N3O2. The lowest BCUT2D eigenvalue weighted by Gasteiger charge is -2.22. The number of rotatable bonds is 6. The Labute approximate surface area is 154 Å². The lowest BCUT2D eigenvalue weighted by molar-refractivity contribution is -0.124. The molecule has 0 radical (unpaired) electrons. The van der Waals surface area contributed by atoms with Gasteiger partial charge in [-0.1, -0.05) is 30.3 Å². The number of carbonyl (C=O) groups is 1. The molecule has 3 rings (SSSR count). The van der Waals surface area contributed by atoms with Crippen molar-refractivity contribution < 1.29 is 22.7 Å². The van der Waals surface area contributed by atoms with Crippen molar-refractivity contribution in [1.29, 1.82) is 5.41 Å². The first-order valence-electron chi connectivity index (χ1n) is 8.31. The van der Waals surface area contributed by atoms with E-state index in [2.05, 4.69) is 10.6 Å². The molecule has 1 amide bonds. The molecule has 27 heavy (non-hydrogen) atoms. The summed E-state index contributed by atoms with van der Waals surface area (Å²) in [5.41, 5.74) is 1.83. The number of amides is 1. The highest BCUT2D eigenvalue weighted by atomic mass is 19.4. The highest BCUT2D eigenvalue weighted by Crippen LogP contribution is 2.30. The summed E-state index contributed by atoms with van der Waals surface area (Å²) in [7, 11) is 0. The van der Waals surface area contributed by atoms with Gasteiger partial charge in [0, 0.05) is 18.2 Å². The van der Waals surface area contributed by atoms with E-state index in [-0.39, 0.29) is 24.8 Å². The van der Waals surface area contributed by atoms with E-state index < -0.39 is 18.6 Å². The van der Waals surface area contributed by atoms with Crippen molar-refractivity contribution in [2.24, 2.45) is 0 Å². The molecule has 1 atom stereocenters. The zero-order valence-corrected chi connectivity index (χ0v) is 14.3. The highest BCUT2D eigenvalue weighted by Gasteiger charge is 2.28. The van der Waals surface area contributed by atoms with Crippen LogP contribution in [0.5, 0.6) is 5.75 Å². The Kier molecular flexibility index (Phi) is 5.46. The number of hydrogen-bond acceptors (Lipinski definition) is 4. The number of halogens is 3. The topological polar surface area (TPSA) is 74.2 Å². The molecule has 0 saturated carbocycles. The second-order valence-electron chi connectivity index (χ2n) is 6.17. The fourth-order valence-electron chi connectivity index (χ4n) is 2.88. The zero-order chi connectivity index (χ0) is 19.4. The van der Waals surface area contributed by atoms with Crippen LogP contribution in [0.2, 0.25) is 0 Å². The quantitative estimate of drug-likeness (QED) is 0.676. The van der Waals surface area contributed by atoms with Gasteiger partial charge in [-0.25, -0.2) is 0 Å². The molecule has 2 aromatic carbocycles. The summed E-state index contributed by atoms with van der Waals surface area (Å²) in [5, 5.41) is 13.6. The van der Waals surface area contributed by atoms with Gasteiger partial charge in [-0.2, -0.15) is 13.2 Å². The largest absolute Gasteiger partial charge is 0.482 e. The van der Waals surface area contributed by atoms with Crippen LogP contribution in [0.1, 0.15) is 17.0 Å². The van der Waals surface area contributed by atoms with Crippen LogP contribution in [0.15, 0.2) is 48.5 Å². The average molecular weight is 377 g/mol. The maximum absolute atomic E-state index is 12.5. The van der Waals surface area contributed by atoms with Gasteiger partial charge in [0.1, 0.15) is 5.75 Å². The Hall–Kier alpha value is -2.87. The van der Waals surface area contributed by atoms with Gasteiger partial charge in [0.05, 0.1) is 12.2 Å². The second-order valence-corrected chi connectivity index (χ2v) is 6.17. The van der Waals surface area contributed by atoms with Gasteiger partial charge in [-0.05, 0) is 29.3 Å². The Balaban J connectivity index is 1.84. The first-order chi connectivity index (χ1) is 12.8. The van der Waals surface area contributed by atoms with Gasteiger partial charge in [-0.3, -0.25) is 4.79 Å². The lowest BCUT2D eigenvalue weighted by Crippen LogP contribution is -2.34. The molecule has 8 heteroatoms. The average Bonchev–Trinajstić information content (AvgIpc) is 2.64. The Morgan fingerprint density at radius 3 is 2.67 bits per heavy atom. The van der Waals surface area contributed by atoms with E-state index >= 15 is 0 Å². The van der Waals surface area contributed by atoms with Crippen LogP contribution < -0.4 is 15.4 Å². The van der Waals surface area contributed by atoms with E-state index in [1.54, 1.807) is 48.5 Å². The molecule has 0 aromatic heterocycles. The maximum Gasteiger partial charge on any atom is 0.401 e. The van der Waals surface area contributed by atoms with Gasteiger partial charge in [0.2, 0.25) is 0 Å². The van der Waals surface area contributed by atoms with Crippen molar-refractivity contribution in [1.82, 2.24) is 5.32 Å². The van der Waals surface area contributed by atoms with Gasteiger partial charge in [-0.15, -0.1) is 0 Å². The van der Waals surface area contributed by atoms with E-state index in [0.29, 0.717) is 17.0 Å². The summed E-state index contributed by atoms with van der Waals surface area (Å²) in [4.78, 5) is 11.5.